The molecule has 0 fully saturated rings. The van der Waals surface area contributed by atoms with Crippen molar-refractivity contribution >= 4 is 23.8 Å². The zero-order valence-corrected chi connectivity index (χ0v) is 13.4. The first-order valence-electron chi connectivity index (χ1n) is 7.29. The monoisotopic (exact) mass is 340 g/mol. The van der Waals surface area contributed by atoms with Crippen molar-refractivity contribution in [2.45, 2.75) is 26.0 Å². The number of anilines is 2. The van der Waals surface area contributed by atoms with E-state index in [0.717, 1.165) is 37.2 Å². The summed E-state index contributed by atoms with van der Waals surface area (Å²) in [6.45, 7) is -1.10. The highest BCUT2D eigenvalue weighted by molar-refractivity contribution is 5.85. The summed E-state index contributed by atoms with van der Waals surface area (Å²) in [5, 5.41) is 0. The smallest absolute Gasteiger partial charge is 0.387 e. The van der Waals surface area contributed by atoms with E-state index in [1.54, 1.807) is 12.1 Å². The molecule has 0 aliphatic carbocycles. The molecule has 3 rings (SSSR count). The molecule has 2 aromatic rings. The van der Waals surface area contributed by atoms with Gasteiger partial charge in [-0.05, 0) is 48.2 Å². The first-order valence-corrected chi connectivity index (χ1v) is 7.29. The van der Waals surface area contributed by atoms with Gasteiger partial charge >= 0.3 is 6.61 Å². The molecule has 0 aromatic heterocycles. The highest BCUT2D eigenvalue weighted by Gasteiger charge is 2.18. The predicted octanol–water partition coefficient (Wildman–Crippen LogP) is 4.24. The third-order valence-electron chi connectivity index (χ3n) is 3.90. The van der Waals surface area contributed by atoms with Gasteiger partial charge in [-0.2, -0.15) is 8.78 Å². The Balaban J connectivity index is 0.00000192. The molecule has 124 valence electrons. The van der Waals surface area contributed by atoms with E-state index in [1.807, 2.05) is 24.3 Å². The third-order valence-corrected chi connectivity index (χ3v) is 3.90. The summed E-state index contributed by atoms with van der Waals surface area (Å²) in [5.41, 5.74) is 10.3. The number of nitrogens with zero attached hydrogens (tertiary/aromatic N) is 1. The Morgan fingerprint density at radius 1 is 1.13 bits per heavy atom. The number of alkyl halides is 2. The number of ether oxygens (including phenoxy) is 1. The van der Waals surface area contributed by atoms with Gasteiger partial charge in [0.15, 0.2) is 0 Å². The maximum absolute atomic E-state index is 12.2. The largest absolute Gasteiger partial charge is 0.435 e. The van der Waals surface area contributed by atoms with Crippen molar-refractivity contribution in [1.29, 1.82) is 0 Å². The summed E-state index contributed by atoms with van der Waals surface area (Å²) in [6, 6.07) is 12.8. The fourth-order valence-electron chi connectivity index (χ4n) is 2.89. The van der Waals surface area contributed by atoms with Gasteiger partial charge in [-0.1, -0.05) is 18.2 Å². The minimum absolute atomic E-state index is 0. The van der Waals surface area contributed by atoms with Crippen molar-refractivity contribution in [1.82, 2.24) is 0 Å². The summed E-state index contributed by atoms with van der Waals surface area (Å²) < 4.78 is 28.7. The Kier molecular flexibility index (Phi) is 5.66. The fourth-order valence-corrected chi connectivity index (χ4v) is 2.89. The van der Waals surface area contributed by atoms with Crippen molar-refractivity contribution in [3.63, 3.8) is 0 Å². The lowest BCUT2D eigenvalue weighted by atomic mass is 9.99. The van der Waals surface area contributed by atoms with Crippen molar-refractivity contribution in [3.8, 4) is 5.75 Å². The van der Waals surface area contributed by atoms with Gasteiger partial charge in [-0.25, -0.2) is 0 Å². The number of hydrogen-bond acceptors (Lipinski definition) is 3. The summed E-state index contributed by atoms with van der Waals surface area (Å²) >= 11 is 0. The maximum Gasteiger partial charge on any atom is 0.387 e. The Morgan fingerprint density at radius 3 is 2.57 bits per heavy atom. The van der Waals surface area contributed by atoms with Crippen LogP contribution in [0.4, 0.5) is 20.2 Å². The van der Waals surface area contributed by atoms with Crippen LogP contribution in [0.5, 0.6) is 5.75 Å². The highest BCUT2D eigenvalue weighted by atomic mass is 35.5. The van der Waals surface area contributed by atoms with Crippen LogP contribution in [0.3, 0.4) is 0 Å². The molecule has 0 amide bonds. The van der Waals surface area contributed by atoms with Gasteiger partial charge in [0.1, 0.15) is 5.75 Å². The second-order valence-corrected chi connectivity index (χ2v) is 5.39. The predicted molar refractivity (Wildman–Crippen MR) is 90.5 cm³/mol. The Hall–Kier alpha value is -2.01. The topological polar surface area (TPSA) is 38.5 Å². The molecule has 1 aliphatic heterocycles. The van der Waals surface area contributed by atoms with Gasteiger partial charge in [0.05, 0.1) is 0 Å². The van der Waals surface area contributed by atoms with E-state index in [2.05, 4.69) is 15.7 Å². The molecule has 0 spiro atoms. The standard InChI is InChI=1S/C17H18F2N2O.ClH/c18-17(19)22-13-8-6-12(7-9-13)11-21-10-2-3-14-15(20)4-1-5-16(14)21;/h1,4-9,17H,2-3,10-11,20H2;1H. The highest BCUT2D eigenvalue weighted by Crippen LogP contribution is 2.32. The third kappa shape index (κ3) is 4.05. The lowest BCUT2D eigenvalue weighted by Crippen LogP contribution is -2.29. The number of nitrogens with two attached hydrogens (primary N) is 1. The minimum atomic E-state index is -2.79. The average Bonchev–Trinajstić information content (AvgIpc) is 2.50. The molecule has 6 heteroatoms. The normalized spacial score (nSPS) is 13.4. The first kappa shape index (κ1) is 17.3. The van der Waals surface area contributed by atoms with Crippen LogP contribution < -0.4 is 15.4 Å². The van der Waals surface area contributed by atoms with E-state index in [0.29, 0.717) is 0 Å². The molecule has 0 saturated heterocycles. The van der Waals surface area contributed by atoms with Crippen molar-refractivity contribution in [2.24, 2.45) is 0 Å². The number of fused-ring (bicyclic) bond motifs is 1. The van der Waals surface area contributed by atoms with Gasteiger partial charge in [-0.15, -0.1) is 12.4 Å². The van der Waals surface area contributed by atoms with Crippen molar-refractivity contribution in [3.05, 3.63) is 53.6 Å². The van der Waals surface area contributed by atoms with Gasteiger partial charge in [0, 0.05) is 24.5 Å². The lowest BCUT2D eigenvalue weighted by molar-refractivity contribution is -0.0498. The van der Waals surface area contributed by atoms with E-state index >= 15 is 0 Å². The summed E-state index contributed by atoms with van der Waals surface area (Å²) in [5.74, 6) is 0.182. The zero-order valence-electron chi connectivity index (χ0n) is 12.5. The van der Waals surface area contributed by atoms with Gasteiger partial charge < -0.3 is 15.4 Å². The number of benzene rings is 2. The van der Waals surface area contributed by atoms with Crippen LogP contribution >= 0.6 is 12.4 Å². The van der Waals surface area contributed by atoms with E-state index < -0.39 is 6.61 Å². The molecular formula is C17H19ClF2N2O. The molecule has 0 unspecified atom stereocenters. The fraction of sp³-hybridized carbons (Fsp3) is 0.294. The van der Waals surface area contributed by atoms with Crippen LogP contribution in [0.2, 0.25) is 0 Å². The Morgan fingerprint density at radius 2 is 1.87 bits per heavy atom. The second-order valence-electron chi connectivity index (χ2n) is 5.39. The number of halogens is 3. The molecular weight excluding hydrogens is 322 g/mol. The molecule has 23 heavy (non-hydrogen) atoms. The summed E-state index contributed by atoms with van der Waals surface area (Å²) in [6.07, 6.45) is 2.06. The van der Waals surface area contributed by atoms with Gasteiger partial charge in [0.25, 0.3) is 0 Å². The van der Waals surface area contributed by atoms with Crippen LogP contribution in [0.15, 0.2) is 42.5 Å². The van der Waals surface area contributed by atoms with Crippen LogP contribution in [-0.4, -0.2) is 13.2 Å². The quantitative estimate of drug-likeness (QED) is 0.846. The lowest BCUT2D eigenvalue weighted by Gasteiger charge is -2.32. The average molecular weight is 341 g/mol. The van der Waals surface area contributed by atoms with Gasteiger partial charge in [-0.3, -0.25) is 0 Å². The maximum atomic E-state index is 12.2. The van der Waals surface area contributed by atoms with Crippen LogP contribution in [0, 0.1) is 0 Å². The van der Waals surface area contributed by atoms with E-state index in [-0.39, 0.29) is 18.2 Å². The summed E-state index contributed by atoms with van der Waals surface area (Å²) in [7, 11) is 0. The second kappa shape index (κ2) is 7.51. The molecule has 3 nitrogen and oxygen atoms in total. The van der Waals surface area contributed by atoms with E-state index in [1.165, 1.54) is 11.3 Å². The molecule has 2 aromatic carbocycles. The minimum Gasteiger partial charge on any atom is -0.435 e. The number of nitrogen functional groups attached to an aromatic ring is 1. The van der Waals surface area contributed by atoms with Crippen LogP contribution in [0.1, 0.15) is 17.5 Å². The first-order chi connectivity index (χ1) is 10.6. The van der Waals surface area contributed by atoms with E-state index in [4.69, 9.17) is 5.73 Å². The molecule has 1 heterocycles. The molecule has 0 radical (unpaired) electrons. The number of rotatable bonds is 4. The number of hydrogen-bond donors (Lipinski definition) is 1. The molecule has 0 bridgehead atoms. The van der Waals surface area contributed by atoms with Crippen LogP contribution in [-0.2, 0) is 13.0 Å². The van der Waals surface area contributed by atoms with Crippen molar-refractivity contribution < 1.29 is 13.5 Å². The van der Waals surface area contributed by atoms with Crippen LogP contribution in [0.25, 0.3) is 0 Å². The van der Waals surface area contributed by atoms with E-state index in [9.17, 15) is 8.78 Å². The zero-order chi connectivity index (χ0) is 15.5. The Bertz CT molecular complexity index is 650. The SMILES string of the molecule is Cl.Nc1cccc2c1CCCN2Cc1ccc(OC(F)F)cc1. The molecule has 0 saturated carbocycles. The molecule has 0 atom stereocenters. The van der Waals surface area contributed by atoms with Crippen molar-refractivity contribution in [2.75, 3.05) is 17.2 Å². The molecule has 1 aliphatic rings. The Labute approximate surface area is 140 Å². The summed E-state index contributed by atoms with van der Waals surface area (Å²) in [4.78, 5) is 2.28. The van der Waals surface area contributed by atoms with Gasteiger partial charge in [0.2, 0.25) is 0 Å². The molecule has 2 N–H and O–H groups in total.